The lowest BCUT2D eigenvalue weighted by Crippen LogP contribution is -2.30. The lowest BCUT2D eigenvalue weighted by Gasteiger charge is -2.12. The van der Waals surface area contributed by atoms with Crippen molar-refractivity contribution in [1.29, 1.82) is 0 Å². The molecule has 1 saturated heterocycles. The van der Waals surface area contributed by atoms with E-state index in [1.54, 1.807) is 11.8 Å². The Hall–Kier alpha value is -1.20. The minimum Gasteiger partial charge on any atom is -0.289 e. The summed E-state index contributed by atoms with van der Waals surface area (Å²) in [6.07, 6.45) is 0. The number of amidine groups is 1. The Kier molecular flexibility index (Phi) is 7.43. The van der Waals surface area contributed by atoms with Crippen LogP contribution in [0.3, 0.4) is 0 Å². The second kappa shape index (κ2) is 9.33. The number of rotatable bonds is 3. The quantitative estimate of drug-likeness (QED) is 0.732. The van der Waals surface area contributed by atoms with Crippen LogP contribution in [0.4, 0.5) is 0 Å². The van der Waals surface area contributed by atoms with Gasteiger partial charge in [-0.15, -0.1) is 0 Å². The fourth-order valence-corrected chi connectivity index (χ4v) is 3.43. The maximum atomic E-state index is 5.93. The van der Waals surface area contributed by atoms with Gasteiger partial charge in [-0.05, 0) is 35.4 Å². The zero-order valence-electron chi connectivity index (χ0n) is 14.0. The second-order valence-corrected chi connectivity index (χ2v) is 6.91. The molecule has 1 fully saturated rings. The predicted octanol–water partition coefficient (Wildman–Crippen LogP) is 5.76. The molecule has 0 spiro atoms. The first kappa shape index (κ1) is 19.1. The zero-order valence-corrected chi connectivity index (χ0v) is 16.3. The van der Waals surface area contributed by atoms with E-state index in [0.29, 0.717) is 6.54 Å². The third-order valence-corrected chi connectivity index (χ3v) is 5.04. The van der Waals surface area contributed by atoms with Crippen molar-refractivity contribution in [3.63, 3.8) is 0 Å². The van der Waals surface area contributed by atoms with Crippen LogP contribution in [0.1, 0.15) is 30.3 Å². The van der Waals surface area contributed by atoms with Gasteiger partial charge in [0, 0.05) is 17.1 Å². The lowest BCUT2D eigenvalue weighted by atomic mass is 10.2. The van der Waals surface area contributed by atoms with E-state index < -0.39 is 0 Å². The van der Waals surface area contributed by atoms with E-state index >= 15 is 0 Å². The van der Waals surface area contributed by atoms with Crippen molar-refractivity contribution in [3.05, 3.63) is 69.7 Å². The van der Waals surface area contributed by atoms with Gasteiger partial charge in [0.15, 0.2) is 5.17 Å². The Balaban J connectivity index is 0.00000100. The minimum absolute atomic E-state index is 0.159. The molecule has 3 nitrogen and oxygen atoms in total. The number of hydrogen-bond donors (Lipinski definition) is 1. The highest BCUT2D eigenvalue weighted by Crippen LogP contribution is 2.34. The summed E-state index contributed by atoms with van der Waals surface area (Å²) in [6, 6.07) is 15.6. The largest absolute Gasteiger partial charge is 0.289 e. The molecule has 3 rings (SSSR count). The molecule has 6 heteroatoms. The summed E-state index contributed by atoms with van der Waals surface area (Å²) in [7, 11) is 1.98. The molecule has 0 saturated carbocycles. The van der Waals surface area contributed by atoms with Gasteiger partial charge in [0.25, 0.3) is 0 Å². The van der Waals surface area contributed by atoms with Gasteiger partial charge in [0.05, 0.1) is 6.54 Å². The molecule has 1 N–H and O–H groups in total. The highest BCUT2D eigenvalue weighted by Gasteiger charge is 2.26. The summed E-state index contributed by atoms with van der Waals surface area (Å²) in [5.74, 6) is 0. The SMILES string of the molecule is CC.CN1NC(c2ccc(Cl)cc2)SC1=NCc1ccc(Cl)cc1. The normalized spacial score (nSPS) is 18.5. The first-order valence-corrected chi connectivity index (χ1v) is 9.46. The summed E-state index contributed by atoms with van der Waals surface area (Å²) >= 11 is 13.5. The molecule has 0 bridgehead atoms. The Morgan fingerprint density at radius 1 is 1.00 bits per heavy atom. The maximum absolute atomic E-state index is 5.93. The van der Waals surface area contributed by atoms with Crippen LogP contribution in [-0.4, -0.2) is 17.2 Å². The molecule has 0 aromatic heterocycles. The van der Waals surface area contributed by atoms with Gasteiger partial charge in [0.1, 0.15) is 5.37 Å². The summed E-state index contributed by atoms with van der Waals surface area (Å²) in [4.78, 5) is 4.67. The third kappa shape index (κ3) is 5.15. The van der Waals surface area contributed by atoms with Crippen molar-refractivity contribution >= 4 is 40.1 Å². The molecular formula is C18H21Cl2N3S. The fraction of sp³-hybridized carbons (Fsp3) is 0.278. The van der Waals surface area contributed by atoms with Gasteiger partial charge in [-0.25, -0.2) is 5.43 Å². The van der Waals surface area contributed by atoms with Crippen LogP contribution in [-0.2, 0) is 6.54 Å². The van der Waals surface area contributed by atoms with Crippen LogP contribution in [0.2, 0.25) is 10.0 Å². The topological polar surface area (TPSA) is 27.6 Å². The number of hydrazine groups is 1. The van der Waals surface area contributed by atoms with Crippen LogP contribution in [0.15, 0.2) is 53.5 Å². The number of nitrogens with zero attached hydrogens (tertiary/aromatic N) is 2. The standard InChI is InChI=1S/C16H15Cl2N3S.C2H6/c1-21-16(19-10-11-2-6-13(17)7-3-11)22-15(20-21)12-4-8-14(18)9-5-12;1-2/h2-9,15,20H,10H2,1H3;1-2H3. The highest BCUT2D eigenvalue weighted by atomic mass is 35.5. The number of thioether (sulfide) groups is 1. The van der Waals surface area contributed by atoms with Crippen molar-refractivity contribution in [3.8, 4) is 0 Å². The van der Waals surface area contributed by atoms with Crippen LogP contribution in [0, 0.1) is 0 Å². The Morgan fingerprint density at radius 2 is 1.54 bits per heavy atom. The molecule has 1 aliphatic rings. The lowest BCUT2D eigenvalue weighted by molar-refractivity contribution is 0.378. The molecular weight excluding hydrogens is 361 g/mol. The first-order valence-electron chi connectivity index (χ1n) is 7.83. The van der Waals surface area contributed by atoms with Crippen LogP contribution < -0.4 is 5.43 Å². The van der Waals surface area contributed by atoms with Crippen molar-refractivity contribution in [2.45, 2.75) is 25.8 Å². The Labute approximate surface area is 158 Å². The number of halogens is 2. The zero-order chi connectivity index (χ0) is 17.5. The summed E-state index contributed by atoms with van der Waals surface area (Å²) in [6.45, 7) is 4.64. The molecule has 0 amide bonds. The van der Waals surface area contributed by atoms with Gasteiger partial charge in [0.2, 0.25) is 0 Å². The van der Waals surface area contributed by atoms with E-state index in [0.717, 1.165) is 20.8 Å². The van der Waals surface area contributed by atoms with Crippen LogP contribution in [0.25, 0.3) is 0 Å². The third-order valence-electron chi connectivity index (χ3n) is 3.30. The minimum atomic E-state index is 0.159. The van der Waals surface area contributed by atoms with Crippen LogP contribution in [0.5, 0.6) is 0 Å². The first-order chi connectivity index (χ1) is 11.6. The molecule has 1 atom stereocenters. The summed E-state index contributed by atoms with van der Waals surface area (Å²) in [5, 5.41) is 4.57. The predicted molar refractivity (Wildman–Crippen MR) is 107 cm³/mol. The summed E-state index contributed by atoms with van der Waals surface area (Å²) < 4.78 is 0. The number of hydrogen-bond acceptors (Lipinski definition) is 3. The molecule has 24 heavy (non-hydrogen) atoms. The van der Waals surface area contributed by atoms with Crippen molar-refractivity contribution in [2.24, 2.45) is 4.99 Å². The van der Waals surface area contributed by atoms with Gasteiger partial charge >= 0.3 is 0 Å². The monoisotopic (exact) mass is 381 g/mol. The van der Waals surface area contributed by atoms with E-state index in [-0.39, 0.29) is 5.37 Å². The van der Waals surface area contributed by atoms with Crippen molar-refractivity contribution < 1.29 is 0 Å². The molecule has 2 aromatic carbocycles. The van der Waals surface area contributed by atoms with E-state index in [2.05, 4.69) is 10.4 Å². The van der Waals surface area contributed by atoms with Gasteiger partial charge in [-0.2, -0.15) is 0 Å². The number of nitrogens with one attached hydrogen (secondary N) is 1. The smallest absolute Gasteiger partial charge is 0.175 e. The molecule has 1 unspecified atom stereocenters. The maximum Gasteiger partial charge on any atom is 0.175 e. The molecule has 1 heterocycles. The van der Waals surface area contributed by atoms with Crippen molar-refractivity contribution in [2.75, 3.05) is 7.05 Å². The van der Waals surface area contributed by atoms with E-state index in [1.807, 2.05) is 74.4 Å². The molecule has 0 radical (unpaired) electrons. The fourth-order valence-electron chi connectivity index (χ4n) is 2.11. The molecule has 128 valence electrons. The molecule has 0 aliphatic carbocycles. The molecule has 1 aliphatic heterocycles. The van der Waals surface area contributed by atoms with E-state index in [1.165, 1.54) is 5.56 Å². The Morgan fingerprint density at radius 3 is 2.12 bits per heavy atom. The van der Waals surface area contributed by atoms with E-state index in [9.17, 15) is 0 Å². The van der Waals surface area contributed by atoms with Gasteiger partial charge in [-0.1, -0.05) is 73.1 Å². The van der Waals surface area contributed by atoms with Crippen LogP contribution >= 0.6 is 35.0 Å². The second-order valence-electron chi connectivity index (χ2n) is 4.96. The number of aliphatic imine (C=N–C) groups is 1. The van der Waals surface area contributed by atoms with Gasteiger partial charge in [-0.3, -0.25) is 10.0 Å². The highest BCUT2D eigenvalue weighted by molar-refractivity contribution is 8.14. The van der Waals surface area contributed by atoms with E-state index in [4.69, 9.17) is 23.2 Å². The average molecular weight is 382 g/mol. The average Bonchev–Trinajstić information content (AvgIpc) is 2.98. The molecule has 2 aromatic rings. The van der Waals surface area contributed by atoms with Crippen molar-refractivity contribution in [1.82, 2.24) is 10.4 Å². The number of benzene rings is 2. The summed E-state index contributed by atoms with van der Waals surface area (Å²) in [5.41, 5.74) is 5.70. The Bertz CT molecular complexity index is 672. The van der Waals surface area contributed by atoms with Gasteiger partial charge < -0.3 is 0 Å².